The zero-order valence-corrected chi connectivity index (χ0v) is 12.3. The molecule has 0 bridgehead atoms. The van der Waals surface area contributed by atoms with E-state index in [-0.39, 0.29) is 17.4 Å². The molecule has 20 heavy (non-hydrogen) atoms. The Morgan fingerprint density at radius 2 is 2.00 bits per heavy atom. The Bertz CT molecular complexity index is 491. The predicted octanol–water partition coefficient (Wildman–Crippen LogP) is 2.31. The topological polar surface area (TPSA) is 75.6 Å². The Hall–Kier alpha value is -2.04. The van der Waals surface area contributed by atoms with E-state index in [9.17, 15) is 9.59 Å². The van der Waals surface area contributed by atoms with Gasteiger partial charge in [-0.05, 0) is 30.5 Å². The normalized spacial score (nSPS) is 12.6. The second-order valence-electron chi connectivity index (χ2n) is 5.77. The Labute approximate surface area is 118 Å². The van der Waals surface area contributed by atoms with E-state index in [2.05, 4.69) is 5.32 Å². The van der Waals surface area contributed by atoms with Crippen LogP contribution in [0.5, 0.6) is 5.75 Å². The number of carbonyl (C=O) groups excluding carboxylic acids is 1. The van der Waals surface area contributed by atoms with Crippen LogP contribution in [0, 0.1) is 5.41 Å². The van der Waals surface area contributed by atoms with Gasteiger partial charge >= 0.3 is 5.97 Å². The maximum absolute atomic E-state index is 12.1. The number of hydrogen-bond acceptors (Lipinski definition) is 3. The predicted molar refractivity (Wildman–Crippen MR) is 76.0 cm³/mol. The molecule has 0 saturated heterocycles. The van der Waals surface area contributed by atoms with Crippen molar-refractivity contribution in [3.8, 4) is 5.75 Å². The standard InChI is InChI=1S/C15H21NO4/c1-10(15(2,3)4)16-14(19)11-6-5-7-12(8-11)20-9-13(17)18/h5-8,10H,9H2,1-4H3,(H,16,19)(H,17,18)/t10-/m1/s1. The maximum Gasteiger partial charge on any atom is 0.341 e. The van der Waals surface area contributed by atoms with Crippen LogP contribution in [0.15, 0.2) is 24.3 Å². The molecule has 1 aromatic rings. The third-order valence-corrected chi connectivity index (χ3v) is 3.11. The quantitative estimate of drug-likeness (QED) is 0.867. The molecule has 0 radical (unpaired) electrons. The molecule has 0 spiro atoms. The van der Waals surface area contributed by atoms with Gasteiger partial charge in [0, 0.05) is 11.6 Å². The Balaban J connectivity index is 2.74. The molecule has 0 aromatic heterocycles. The molecule has 1 aromatic carbocycles. The smallest absolute Gasteiger partial charge is 0.341 e. The van der Waals surface area contributed by atoms with Gasteiger partial charge in [0.1, 0.15) is 5.75 Å². The van der Waals surface area contributed by atoms with Crippen LogP contribution in [0.3, 0.4) is 0 Å². The summed E-state index contributed by atoms with van der Waals surface area (Å²) in [5.41, 5.74) is 0.413. The molecular formula is C15H21NO4. The fourth-order valence-electron chi connectivity index (χ4n) is 1.37. The van der Waals surface area contributed by atoms with Crippen LogP contribution in [-0.2, 0) is 4.79 Å². The SMILES string of the molecule is C[C@@H](NC(=O)c1cccc(OCC(=O)O)c1)C(C)(C)C. The summed E-state index contributed by atoms with van der Waals surface area (Å²) >= 11 is 0. The highest BCUT2D eigenvalue weighted by Gasteiger charge is 2.22. The highest BCUT2D eigenvalue weighted by atomic mass is 16.5. The zero-order chi connectivity index (χ0) is 15.3. The first-order valence-corrected chi connectivity index (χ1v) is 6.45. The number of aliphatic carboxylic acids is 1. The van der Waals surface area contributed by atoms with Crippen molar-refractivity contribution in [3.05, 3.63) is 29.8 Å². The van der Waals surface area contributed by atoms with E-state index in [1.54, 1.807) is 18.2 Å². The van der Waals surface area contributed by atoms with Gasteiger partial charge in [0.25, 0.3) is 5.91 Å². The lowest BCUT2D eigenvalue weighted by Crippen LogP contribution is -2.41. The molecule has 5 nitrogen and oxygen atoms in total. The summed E-state index contributed by atoms with van der Waals surface area (Å²) in [5.74, 6) is -0.891. The van der Waals surface area contributed by atoms with Gasteiger partial charge in [-0.15, -0.1) is 0 Å². The van der Waals surface area contributed by atoms with Crippen LogP contribution < -0.4 is 10.1 Å². The molecule has 2 N–H and O–H groups in total. The largest absolute Gasteiger partial charge is 0.482 e. The molecule has 1 rings (SSSR count). The van der Waals surface area contributed by atoms with Crippen molar-refractivity contribution in [3.63, 3.8) is 0 Å². The Morgan fingerprint density at radius 1 is 1.35 bits per heavy atom. The first-order chi connectivity index (χ1) is 9.20. The van der Waals surface area contributed by atoms with Crippen LogP contribution in [-0.4, -0.2) is 29.6 Å². The van der Waals surface area contributed by atoms with Gasteiger partial charge in [-0.25, -0.2) is 4.79 Å². The zero-order valence-electron chi connectivity index (χ0n) is 12.3. The molecule has 0 aliphatic heterocycles. The summed E-state index contributed by atoms with van der Waals surface area (Å²) in [7, 11) is 0. The molecule has 1 amide bonds. The summed E-state index contributed by atoms with van der Waals surface area (Å²) in [6.45, 7) is 7.66. The van der Waals surface area contributed by atoms with E-state index in [0.717, 1.165) is 0 Å². The number of nitrogens with one attached hydrogen (secondary N) is 1. The number of carboxylic acid groups (broad SMARTS) is 1. The van der Waals surface area contributed by atoms with Gasteiger partial charge in [-0.3, -0.25) is 4.79 Å². The van der Waals surface area contributed by atoms with E-state index in [1.807, 2.05) is 27.7 Å². The molecule has 0 aliphatic rings. The van der Waals surface area contributed by atoms with Crippen molar-refractivity contribution in [2.75, 3.05) is 6.61 Å². The molecule has 110 valence electrons. The maximum atomic E-state index is 12.1. The molecular weight excluding hydrogens is 258 g/mol. The second kappa shape index (κ2) is 6.41. The number of ether oxygens (including phenoxy) is 1. The van der Waals surface area contributed by atoms with Gasteiger partial charge in [0.2, 0.25) is 0 Å². The number of carbonyl (C=O) groups is 2. The second-order valence-corrected chi connectivity index (χ2v) is 5.77. The fourth-order valence-corrected chi connectivity index (χ4v) is 1.37. The van der Waals surface area contributed by atoms with Crippen LogP contribution in [0.1, 0.15) is 38.1 Å². The minimum atomic E-state index is -1.05. The monoisotopic (exact) mass is 279 g/mol. The average Bonchev–Trinajstić information content (AvgIpc) is 2.35. The highest BCUT2D eigenvalue weighted by Crippen LogP contribution is 2.19. The van der Waals surface area contributed by atoms with Gasteiger partial charge in [0.15, 0.2) is 6.61 Å². The van der Waals surface area contributed by atoms with Crippen molar-refractivity contribution in [2.24, 2.45) is 5.41 Å². The molecule has 5 heteroatoms. The number of carboxylic acids is 1. The van der Waals surface area contributed by atoms with E-state index in [1.165, 1.54) is 6.07 Å². The lowest BCUT2D eigenvalue weighted by molar-refractivity contribution is -0.139. The lowest BCUT2D eigenvalue weighted by Gasteiger charge is -2.28. The van der Waals surface area contributed by atoms with Crippen molar-refractivity contribution >= 4 is 11.9 Å². The minimum absolute atomic E-state index is 0.0126. The van der Waals surface area contributed by atoms with Gasteiger partial charge in [-0.1, -0.05) is 26.8 Å². The van der Waals surface area contributed by atoms with Gasteiger partial charge in [-0.2, -0.15) is 0 Å². The Morgan fingerprint density at radius 3 is 2.55 bits per heavy atom. The van der Waals surface area contributed by atoms with Gasteiger partial charge in [0.05, 0.1) is 0 Å². The number of benzene rings is 1. The van der Waals surface area contributed by atoms with Crippen molar-refractivity contribution < 1.29 is 19.4 Å². The molecule has 0 aliphatic carbocycles. The van der Waals surface area contributed by atoms with E-state index >= 15 is 0 Å². The summed E-state index contributed by atoms with van der Waals surface area (Å²) < 4.78 is 5.05. The number of rotatable bonds is 5. The fraction of sp³-hybridized carbons (Fsp3) is 0.467. The molecule has 0 unspecified atom stereocenters. The highest BCUT2D eigenvalue weighted by molar-refractivity contribution is 5.94. The van der Waals surface area contributed by atoms with Crippen LogP contribution in [0.25, 0.3) is 0 Å². The Kier molecular flexibility index (Phi) is 5.13. The van der Waals surface area contributed by atoms with E-state index in [4.69, 9.17) is 9.84 Å². The minimum Gasteiger partial charge on any atom is -0.482 e. The first kappa shape index (κ1) is 16.0. The van der Waals surface area contributed by atoms with Crippen molar-refractivity contribution in [2.45, 2.75) is 33.7 Å². The van der Waals surface area contributed by atoms with Crippen molar-refractivity contribution in [1.29, 1.82) is 0 Å². The molecule has 1 atom stereocenters. The third kappa shape index (κ3) is 4.91. The van der Waals surface area contributed by atoms with Crippen molar-refractivity contribution in [1.82, 2.24) is 5.32 Å². The summed E-state index contributed by atoms with van der Waals surface area (Å²) in [6, 6.07) is 6.49. The molecule has 0 heterocycles. The summed E-state index contributed by atoms with van der Waals surface area (Å²) in [6.07, 6.45) is 0. The lowest BCUT2D eigenvalue weighted by atomic mass is 9.88. The molecule has 0 saturated carbocycles. The first-order valence-electron chi connectivity index (χ1n) is 6.45. The third-order valence-electron chi connectivity index (χ3n) is 3.11. The summed E-state index contributed by atoms with van der Waals surface area (Å²) in [5, 5.41) is 11.5. The summed E-state index contributed by atoms with van der Waals surface area (Å²) in [4.78, 5) is 22.6. The van der Waals surface area contributed by atoms with Crippen LogP contribution in [0.2, 0.25) is 0 Å². The van der Waals surface area contributed by atoms with Crippen LogP contribution >= 0.6 is 0 Å². The van der Waals surface area contributed by atoms with E-state index in [0.29, 0.717) is 11.3 Å². The number of amides is 1. The van der Waals surface area contributed by atoms with Crippen LogP contribution in [0.4, 0.5) is 0 Å². The molecule has 0 fully saturated rings. The van der Waals surface area contributed by atoms with Gasteiger partial charge < -0.3 is 15.2 Å². The number of hydrogen-bond donors (Lipinski definition) is 2. The van der Waals surface area contributed by atoms with E-state index < -0.39 is 12.6 Å². The average molecular weight is 279 g/mol.